The molecule has 1 aliphatic rings. The van der Waals surface area contributed by atoms with Crippen molar-refractivity contribution in [1.82, 2.24) is 10.2 Å². The third-order valence-corrected chi connectivity index (χ3v) is 3.02. The molecule has 1 rings (SSSR count). The zero-order valence-corrected chi connectivity index (χ0v) is 10.0. The summed E-state index contributed by atoms with van der Waals surface area (Å²) in [4.78, 5) is 13.5. The van der Waals surface area contributed by atoms with Crippen LogP contribution in [0.3, 0.4) is 0 Å². The fourth-order valence-electron chi connectivity index (χ4n) is 2.17. The standard InChI is InChI=1S/C11H19F3N2O/c1-2-9-5-3-4-6-16(9)10(17)7-15-8-11(12,13)14/h9,15H,2-8H2,1H3. The van der Waals surface area contributed by atoms with Gasteiger partial charge in [0.15, 0.2) is 0 Å². The number of carbonyl (C=O) groups is 1. The van der Waals surface area contributed by atoms with Crippen LogP contribution in [-0.2, 0) is 4.79 Å². The third-order valence-electron chi connectivity index (χ3n) is 3.02. The first-order chi connectivity index (χ1) is 7.94. The summed E-state index contributed by atoms with van der Waals surface area (Å²) in [5.74, 6) is -0.221. The van der Waals surface area contributed by atoms with Crippen molar-refractivity contribution in [3.8, 4) is 0 Å². The normalized spacial score (nSPS) is 21.6. The summed E-state index contributed by atoms with van der Waals surface area (Å²) < 4.78 is 35.7. The van der Waals surface area contributed by atoms with E-state index in [4.69, 9.17) is 0 Å². The first-order valence-electron chi connectivity index (χ1n) is 6.01. The van der Waals surface area contributed by atoms with Gasteiger partial charge in [-0.2, -0.15) is 13.2 Å². The number of piperidine rings is 1. The fourth-order valence-corrected chi connectivity index (χ4v) is 2.17. The van der Waals surface area contributed by atoms with Gasteiger partial charge in [0.1, 0.15) is 0 Å². The van der Waals surface area contributed by atoms with E-state index in [0.717, 1.165) is 25.7 Å². The summed E-state index contributed by atoms with van der Waals surface area (Å²) in [6.45, 7) is 1.34. The Labute approximate surface area is 99.4 Å². The number of amides is 1. The van der Waals surface area contributed by atoms with Crippen LogP contribution in [0.4, 0.5) is 13.2 Å². The molecule has 6 heteroatoms. The van der Waals surface area contributed by atoms with Crippen molar-refractivity contribution in [1.29, 1.82) is 0 Å². The molecule has 1 heterocycles. The molecular weight excluding hydrogens is 233 g/mol. The lowest BCUT2D eigenvalue weighted by atomic mass is 10.00. The zero-order chi connectivity index (χ0) is 12.9. The van der Waals surface area contributed by atoms with Gasteiger partial charge in [0, 0.05) is 12.6 Å². The Morgan fingerprint density at radius 2 is 2.12 bits per heavy atom. The van der Waals surface area contributed by atoms with Gasteiger partial charge >= 0.3 is 6.18 Å². The molecule has 0 bridgehead atoms. The van der Waals surface area contributed by atoms with Crippen LogP contribution in [0.1, 0.15) is 32.6 Å². The molecule has 1 amide bonds. The minimum absolute atomic E-state index is 0.198. The lowest BCUT2D eigenvalue weighted by Gasteiger charge is -2.35. The average Bonchev–Trinajstić information content (AvgIpc) is 2.27. The van der Waals surface area contributed by atoms with Crippen LogP contribution in [0, 0.1) is 0 Å². The number of alkyl halides is 3. The van der Waals surface area contributed by atoms with E-state index in [1.165, 1.54) is 0 Å². The van der Waals surface area contributed by atoms with Gasteiger partial charge in [0.05, 0.1) is 13.1 Å². The van der Waals surface area contributed by atoms with E-state index in [9.17, 15) is 18.0 Å². The fraction of sp³-hybridized carbons (Fsp3) is 0.909. The lowest BCUT2D eigenvalue weighted by molar-refractivity contribution is -0.137. The van der Waals surface area contributed by atoms with Crippen molar-refractivity contribution in [3.63, 3.8) is 0 Å². The van der Waals surface area contributed by atoms with Gasteiger partial charge in [0.2, 0.25) is 5.91 Å². The highest BCUT2D eigenvalue weighted by atomic mass is 19.4. The Morgan fingerprint density at radius 1 is 1.41 bits per heavy atom. The number of nitrogens with one attached hydrogen (secondary N) is 1. The van der Waals surface area contributed by atoms with Crippen molar-refractivity contribution in [2.45, 2.75) is 44.8 Å². The Balaban J connectivity index is 2.35. The van der Waals surface area contributed by atoms with E-state index in [1.54, 1.807) is 4.90 Å². The number of halogens is 3. The van der Waals surface area contributed by atoms with Gasteiger partial charge in [-0.1, -0.05) is 6.92 Å². The largest absolute Gasteiger partial charge is 0.401 e. The first kappa shape index (κ1) is 14.3. The van der Waals surface area contributed by atoms with Crippen LogP contribution in [-0.4, -0.2) is 42.7 Å². The number of nitrogens with zero attached hydrogens (tertiary/aromatic N) is 1. The average molecular weight is 252 g/mol. The number of likely N-dealkylation sites (tertiary alicyclic amines) is 1. The molecule has 3 nitrogen and oxygen atoms in total. The van der Waals surface area contributed by atoms with Crippen molar-refractivity contribution < 1.29 is 18.0 Å². The quantitative estimate of drug-likeness (QED) is 0.829. The van der Waals surface area contributed by atoms with Crippen molar-refractivity contribution >= 4 is 5.91 Å². The van der Waals surface area contributed by atoms with Gasteiger partial charge in [-0.25, -0.2) is 0 Å². The van der Waals surface area contributed by atoms with Crippen LogP contribution in [0.15, 0.2) is 0 Å². The molecule has 0 aromatic rings. The van der Waals surface area contributed by atoms with Gasteiger partial charge < -0.3 is 10.2 Å². The lowest BCUT2D eigenvalue weighted by Crippen LogP contribution is -2.47. The molecule has 0 radical (unpaired) electrons. The van der Waals surface area contributed by atoms with E-state index in [2.05, 4.69) is 5.32 Å². The highest BCUT2D eigenvalue weighted by Crippen LogP contribution is 2.19. The maximum Gasteiger partial charge on any atom is 0.401 e. The summed E-state index contributed by atoms with van der Waals surface area (Å²) in [7, 11) is 0. The smallest absolute Gasteiger partial charge is 0.339 e. The molecule has 1 unspecified atom stereocenters. The summed E-state index contributed by atoms with van der Waals surface area (Å²) >= 11 is 0. The second-order valence-electron chi connectivity index (χ2n) is 4.36. The molecule has 100 valence electrons. The zero-order valence-electron chi connectivity index (χ0n) is 10.0. The van der Waals surface area contributed by atoms with E-state index in [1.807, 2.05) is 6.92 Å². The van der Waals surface area contributed by atoms with E-state index < -0.39 is 12.7 Å². The Bertz CT molecular complexity index is 256. The molecule has 0 spiro atoms. The van der Waals surface area contributed by atoms with Crippen LogP contribution in [0.25, 0.3) is 0 Å². The topological polar surface area (TPSA) is 32.3 Å². The molecule has 0 aliphatic carbocycles. The monoisotopic (exact) mass is 252 g/mol. The predicted octanol–water partition coefficient (Wildman–Crippen LogP) is 1.93. The summed E-state index contributed by atoms with van der Waals surface area (Å²) in [5, 5.41) is 2.15. The second-order valence-corrected chi connectivity index (χ2v) is 4.36. The summed E-state index contributed by atoms with van der Waals surface area (Å²) in [6.07, 6.45) is -0.390. The van der Waals surface area contributed by atoms with Crippen LogP contribution in [0.2, 0.25) is 0 Å². The summed E-state index contributed by atoms with van der Waals surface area (Å²) in [5.41, 5.74) is 0. The minimum Gasteiger partial charge on any atom is -0.339 e. The van der Waals surface area contributed by atoms with Crippen molar-refractivity contribution in [2.24, 2.45) is 0 Å². The summed E-state index contributed by atoms with van der Waals surface area (Å²) in [6, 6.07) is 0.198. The maximum absolute atomic E-state index is 11.9. The number of rotatable bonds is 4. The SMILES string of the molecule is CCC1CCCCN1C(=O)CNCC(F)(F)F. The first-order valence-corrected chi connectivity index (χ1v) is 6.01. The van der Waals surface area contributed by atoms with Crippen LogP contribution >= 0.6 is 0 Å². The second kappa shape index (κ2) is 6.23. The van der Waals surface area contributed by atoms with E-state index in [-0.39, 0.29) is 18.5 Å². The van der Waals surface area contributed by atoms with E-state index in [0.29, 0.717) is 6.54 Å². The molecule has 0 aromatic heterocycles. The Hall–Kier alpha value is -0.780. The Morgan fingerprint density at radius 3 is 2.71 bits per heavy atom. The predicted molar refractivity (Wildman–Crippen MR) is 58.6 cm³/mol. The maximum atomic E-state index is 11.9. The molecule has 0 saturated carbocycles. The number of carbonyl (C=O) groups excluding carboxylic acids is 1. The molecule has 17 heavy (non-hydrogen) atoms. The highest BCUT2D eigenvalue weighted by Gasteiger charge is 2.28. The van der Waals surface area contributed by atoms with Crippen LogP contribution < -0.4 is 5.32 Å². The van der Waals surface area contributed by atoms with E-state index >= 15 is 0 Å². The van der Waals surface area contributed by atoms with Gasteiger partial charge in [0.25, 0.3) is 0 Å². The molecular formula is C11H19F3N2O. The van der Waals surface area contributed by atoms with Crippen LogP contribution in [0.5, 0.6) is 0 Å². The van der Waals surface area contributed by atoms with Gasteiger partial charge in [-0.3, -0.25) is 4.79 Å². The molecule has 1 fully saturated rings. The van der Waals surface area contributed by atoms with Gasteiger partial charge in [-0.05, 0) is 25.7 Å². The highest BCUT2D eigenvalue weighted by molar-refractivity contribution is 5.78. The molecule has 1 aliphatic heterocycles. The van der Waals surface area contributed by atoms with Crippen molar-refractivity contribution in [3.05, 3.63) is 0 Å². The Kier molecular flexibility index (Phi) is 5.24. The third kappa shape index (κ3) is 4.93. The number of hydrogen-bond donors (Lipinski definition) is 1. The molecule has 0 aromatic carbocycles. The molecule has 1 saturated heterocycles. The molecule has 1 N–H and O–H groups in total. The number of hydrogen-bond acceptors (Lipinski definition) is 2. The minimum atomic E-state index is -4.26. The van der Waals surface area contributed by atoms with Crippen molar-refractivity contribution in [2.75, 3.05) is 19.6 Å². The van der Waals surface area contributed by atoms with Gasteiger partial charge in [-0.15, -0.1) is 0 Å². The molecule has 1 atom stereocenters.